The first-order valence-electron chi connectivity index (χ1n) is 4.48. The third-order valence-electron chi connectivity index (χ3n) is 2.31. The van der Waals surface area contributed by atoms with E-state index in [1.165, 1.54) is 0 Å². The molecule has 2 rings (SSSR count). The van der Waals surface area contributed by atoms with Gasteiger partial charge in [-0.1, -0.05) is 0 Å². The van der Waals surface area contributed by atoms with Gasteiger partial charge < -0.3 is 10.1 Å². The zero-order valence-corrected chi connectivity index (χ0v) is 7.73. The Bertz CT molecular complexity index is 340. The third-order valence-corrected chi connectivity index (χ3v) is 2.31. The maximum atomic E-state index is 8.93. The third kappa shape index (κ3) is 1.68. The monoisotopic (exact) mass is 189 g/mol. The fourth-order valence-corrected chi connectivity index (χ4v) is 1.30. The first-order chi connectivity index (χ1) is 6.85. The van der Waals surface area contributed by atoms with Gasteiger partial charge in [-0.2, -0.15) is 5.26 Å². The van der Waals surface area contributed by atoms with Crippen LogP contribution in [0.3, 0.4) is 0 Å². The Kier molecular flexibility index (Phi) is 2.33. The van der Waals surface area contributed by atoms with Gasteiger partial charge in [0.2, 0.25) is 0 Å². The minimum absolute atomic E-state index is 0.330. The van der Waals surface area contributed by atoms with Crippen LogP contribution in [0.5, 0.6) is 0 Å². The van der Waals surface area contributed by atoms with E-state index in [1.54, 1.807) is 12.4 Å². The Labute approximate surface area is 82.5 Å². The van der Waals surface area contributed by atoms with Crippen LogP contribution in [0.25, 0.3) is 0 Å². The second kappa shape index (κ2) is 3.64. The van der Waals surface area contributed by atoms with Crippen molar-refractivity contribution in [2.45, 2.75) is 0 Å². The van der Waals surface area contributed by atoms with Crippen molar-refractivity contribution in [2.75, 3.05) is 25.1 Å². The molecule has 1 aromatic rings. The molecular weight excluding hydrogens is 178 g/mol. The quantitative estimate of drug-likeness (QED) is 0.771. The highest BCUT2D eigenvalue weighted by Gasteiger charge is 2.38. The smallest absolute Gasteiger partial charge is 0.121 e. The summed E-state index contributed by atoms with van der Waals surface area (Å²) in [4.78, 5) is 3.91. The Morgan fingerprint density at radius 3 is 2.71 bits per heavy atom. The van der Waals surface area contributed by atoms with Gasteiger partial charge in [0.05, 0.1) is 19.3 Å². The number of aromatic nitrogens is 1. The number of nitrogens with zero attached hydrogens (tertiary/aromatic N) is 2. The fraction of sp³-hybridized carbons (Fsp3) is 0.400. The lowest BCUT2D eigenvalue weighted by atomic mass is 9.88. The molecular formula is C10H11N3O. The van der Waals surface area contributed by atoms with E-state index in [9.17, 15) is 0 Å². The number of rotatable bonds is 3. The Balaban J connectivity index is 1.92. The molecule has 4 heteroatoms. The van der Waals surface area contributed by atoms with Gasteiger partial charge >= 0.3 is 0 Å². The Morgan fingerprint density at radius 1 is 1.50 bits per heavy atom. The number of pyridine rings is 1. The van der Waals surface area contributed by atoms with Crippen LogP contribution < -0.4 is 5.32 Å². The van der Waals surface area contributed by atoms with Gasteiger partial charge in [-0.15, -0.1) is 0 Å². The van der Waals surface area contributed by atoms with E-state index in [-0.39, 0.29) is 5.41 Å². The summed E-state index contributed by atoms with van der Waals surface area (Å²) < 4.78 is 5.04. The maximum Gasteiger partial charge on any atom is 0.121 e. The number of hydrogen-bond acceptors (Lipinski definition) is 4. The Morgan fingerprint density at radius 2 is 2.21 bits per heavy atom. The van der Waals surface area contributed by atoms with Gasteiger partial charge in [-0.25, -0.2) is 0 Å². The maximum absolute atomic E-state index is 8.93. The van der Waals surface area contributed by atoms with Crippen LogP contribution >= 0.6 is 0 Å². The van der Waals surface area contributed by atoms with Crippen molar-refractivity contribution in [3.05, 3.63) is 24.5 Å². The number of nitrogens with one attached hydrogen (secondary N) is 1. The van der Waals surface area contributed by atoms with E-state index < -0.39 is 0 Å². The Hall–Kier alpha value is -1.60. The van der Waals surface area contributed by atoms with Gasteiger partial charge in [0, 0.05) is 24.6 Å². The minimum atomic E-state index is -0.330. The van der Waals surface area contributed by atoms with Gasteiger partial charge in [0.1, 0.15) is 5.41 Å². The van der Waals surface area contributed by atoms with Crippen molar-refractivity contribution in [3.63, 3.8) is 0 Å². The topological polar surface area (TPSA) is 57.9 Å². The average Bonchev–Trinajstić information content (AvgIpc) is 2.19. The molecule has 0 aromatic carbocycles. The van der Waals surface area contributed by atoms with E-state index >= 15 is 0 Å². The first kappa shape index (κ1) is 8.97. The molecule has 14 heavy (non-hydrogen) atoms. The van der Waals surface area contributed by atoms with Crippen molar-refractivity contribution in [3.8, 4) is 6.07 Å². The van der Waals surface area contributed by atoms with Crippen LogP contribution in [0.15, 0.2) is 24.5 Å². The van der Waals surface area contributed by atoms with Crippen LogP contribution in [0.2, 0.25) is 0 Å². The summed E-state index contributed by atoms with van der Waals surface area (Å²) >= 11 is 0. The summed E-state index contributed by atoms with van der Waals surface area (Å²) in [7, 11) is 0. The van der Waals surface area contributed by atoms with Crippen LogP contribution in [-0.4, -0.2) is 24.7 Å². The van der Waals surface area contributed by atoms with Crippen LogP contribution in [0.1, 0.15) is 0 Å². The minimum Gasteiger partial charge on any atom is -0.383 e. The predicted octanol–water partition coefficient (Wildman–Crippen LogP) is 1.03. The molecule has 0 aliphatic carbocycles. The molecule has 1 aliphatic heterocycles. The standard InChI is InChI=1S/C10H11N3O/c11-5-10(7-14-8-10)6-13-9-1-3-12-4-2-9/h1-4H,6-8H2,(H,12,13). The molecule has 1 aromatic heterocycles. The summed E-state index contributed by atoms with van der Waals surface area (Å²) in [6, 6.07) is 6.04. The zero-order valence-electron chi connectivity index (χ0n) is 7.73. The lowest BCUT2D eigenvalue weighted by Gasteiger charge is -2.35. The molecule has 4 nitrogen and oxygen atoms in total. The van der Waals surface area contributed by atoms with E-state index in [4.69, 9.17) is 10.00 Å². The van der Waals surface area contributed by atoms with E-state index in [1.807, 2.05) is 12.1 Å². The van der Waals surface area contributed by atoms with Gasteiger partial charge in [0.25, 0.3) is 0 Å². The molecule has 0 bridgehead atoms. The highest BCUT2D eigenvalue weighted by Crippen LogP contribution is 2.26. The second-order valence-corrected chi connectivity index (χ2v) is 3.47. The molecule has 0 radical (unpaired) electrons. The highest BCUT2D eigenvalue weighted by molar-refractivity contribution is 5.41. The van der Waals surface area contributed by atoms with Crippen molar-refractivity contribution in [1.29, 1.82) is 5.26 Å². The largest absolute Gasteiger partial charge is 0.383 e. The van der Waals surface area contributed by atoms with E-state index in [2.05, 4.69) is 16.4 Å². The molecule has 72 valence electrons. The highest BCUT2D eigenvalue weighted by atomic mass is 16.5. The number of nitriles is 1. The summed E-state index contributed by atoms with van der Waals surface area (Å²) in [5.74, 6) is 0. The second-order valence-electron chi connectivity index (χ2n) is 3.47. The molecule has 0 spiro atoms. The molecule has 0 atom stereocenters. The normalized spacial score (nSPS) is 17.9. The molecule has 1 saturated heterocycles. The predicted molar refractivity (Wildman–Crippen MR) is 51.6 cm³/mol. The molecule has 0 amide bonds. The zero-order chi connectivity index (χ0) is 9.86. The van der Waals surface area contributed by atoms with Crippen LogP contribution in [0.4, 0.5) is 5.69 Å². The molecule has 1 aliphatic rings. The lowest BCUT2D eigenvalue weighted by molar-refractivity contribution is -0.0690. The number of anilines is 1. The van der Waals surface area contributed by atoms with Gasteiger partial charge in [-0.3, -0.25) is 4.98 Å². The summed E-state index contributed by atoms with van der Waals surface area (Å²) in [6.45, 7) is 1.69. The van der Waals surface area contributed by atoms with Crippen molar-refractivity contribution >= 4 is 5.69 Å². The molecule has 0 saturated carbocycles. The SMILES string of the molecule is N#CC1(CNc2ccncc2)COC1. The van der Waals surface area contributed by atoms with Gasteiger partial charge in [0.15, 0.2) is 0 Å². The first-order valence-corrected chi connectivity index (χ1v) is 4.48. The van der Waals surface area contributed by atoms with Gasteiger partial charge in [-0.05, 0) is 12.1 Å². The summed E-state index contributed by atoms with van der Waals surface area (Å²) in [6.07, 6.45) is 3.44. The molecule has 1 N–H and O–H groups in total. The van der Waals surface area contributed by atoms with Crippen molar-refractivity contribution in [2.24, 2.45) is 5.41 Å². The average molecular weight is 189 g/mol. The fourth-order valence-electron chi connectivity index (χ4n) is 1.30. The van der Waals surface area contributed by atoms with E-state index in [0.717, 1.165) is 5.69 Å². The van der Waals surface area contributed by atoms with Crippen molar-refractivity contribution < 1.29 is 4.74 Å². The summed E-state index contributed by atoms with van der Waals surface area (Å²) in [5, 5.41) is 12.1. The molecule has 1 fully saturated rings. The van der Waals surface area contributed by atoms with Crippen molar-refractivity contribution in [1.82, 2.24) is 4.98 Å². The summed E-state index contributed by atoms with van der Waals surface area (Å²) in [5.41, 5.74) is 0.657. The van der Waals surface area contributed by atoms with Crippen LogP contribution in [0, 0.1) is 16.7 Å². The van der Waals surface area contributed by atoms with E-state index in [0.29, 0.717) is 19.8 Å². The number of hydrogen-bond donors (Lipinski definition) is 1. The van der Waals surface area contributed by atoms with Crippen LogP contribution in [-0.2, 0) is 4.74 Å². The number of ether oxygens (including phenoxy) is 1. The molecule has 0 unspecified atom stereocenters. The molecule has 2 heterocycles. The lowest BCUT2D eigenvalue weighted by Crippen LogP contribution is -2.46.